The summed E-state index contributed by atoms with van der Waals surface area (Å²) in [5.41, 5.74) is 1.98. The number of aromatic nitrogens is 1. The molecule has 0 amide bonds. The second-order valence-electron chi connectivity index (χ2n) is 6.38. The summed E-state index contributed by atoms with van der Waals surface area (Å²) in [7, 11) is -4.31. The van der Waals surface area contributed by atoms with Crippen molar-refractivity contribution in [1.29, 1.82) is 0 Å². The van der Waals surface area contributed by atoms with Gasteiger partial charge in [0.1, 0.15) is 5.25 Å². The van der Waals surface area contributed by atoms with Crippen molar-refractivity contribution in [3.63, 3.8) is 0 Å². The van der Waals surface area contributed by atoms with E-state index in [9.17, 15) is 13.0 Å². The standard InChI is InChI=1S/C20H17BrN2O4S/c21-14-8-9-19-17(13-14)23(16-6-1-2-7-18(16)27-19)12-10-20(28(24,25)26)15-5-3-4-11-22-15/h1-9,11,13,20H,10,12H2,(H,24,25,26). The van der Waals surface area contributed by atoms with E-state index >= 15 is 0 Å². The molecule has 1 N–H and O–H groups in total. The second kappa shape index (κ2) is 7.54. The van der Waals surface area contributed by atoms with Crippen LogP contribution in [0.1, 0.15) is 17.4 Å². The number of benzene rings is 2. The first kappa shape index (κ1) is 18.9. The lowest BCUT2D eigenvalue weighted by atomic mass is 10.1. The van der Waals surface area contributed by atoms with Crippen LogP contribution in [0.4, 0.5) is 11.4 Å². The summed E-state index contributed by atoms with van der Waals surface area (Å²) in [6.45, 7) is 0.352. The van der Waals surface area contributed by atoms with E-state index in [1.807, 2.05) is 47.4 Å². The zero-order valence-electron chi connectivity index (χ0n) is 14.7. The largest absolute Gasteiger partial charge is 0.453 e. The first-order chi connectivity index (χ1) is 13.4. The highest BCUT2D eigenvalue weighted by Crippen LogP contribution is 2.47. The molecule has 0 bridgehead atoms. The molecular formula is C20H17BrN2O4S. The zero-order valence-corrected chi connectivity index (χ0v) is 17.1. The first-order valence-corrected chi connectivity index (χ1v) is 10.9. The van der Waals surface area contributed by atoms with Crippen molar-refractivity contribution in [2.45, 2.75) is 11.7 Å². The van der Waals surface area contributed by atoms with Crippen molar-refractivity contribution in [1.82, 2.24) is 4.98 Å². The molecular weight excluding hydrogens is 444 g/mol. The van der Waals surface area contributed by atoms with E-state index in [2.05, 4.69) is 20.9 Å². The second-order valence-corrected chi connectivity index (χ2v) is 8.90. The Labute approximate surface area is 171 Å². The fourth-order valence-electron chi connectivity index (χ4n) is 3.31. The Morgan fingerprint density at radius 3 is 2.54 bits per heavy atom. The van der Waals surface area contributed by atoms with Gasteiger partial charge < -0.3 is 9.64 Å². The summed E-state index contributed by atoms with van der Waals surface area (Å²) in [4.78, 5) is 6.12. The molecule has 6 nitrogen and oxygen atoms in total. The molecule has 0 radical (unpaired) electrons. The predicted molar refractivity (Wildman–Crippen MR) is 111 cm³/mol. The maximum atomic E-state index is 12.0. The lowest BCUT2D eigenvalue weighted by Crippen LogP contribution is -2.26. The van der Waals surface area contributed by atoms with E-state index in [0.29, 0.717) is 23.7 Å². The lowest BCUT2D eigenvalue weighted by molar-refractivity contribution is 0.459. The van der Waals surface area contributed by atoms with Crippen molar-refractivity contribution >= 4 is 37.4 Å². The number of pyridine rings is 1. The first-order valence-electron chi connectivity index (χ1n) is 8.65. The molecule has 2 aromatic carbocycles. The van der Waals surface area contributed by atoms with Gasteiger partial charge in [0.05, 0.1) is 17.1 Å². The molecule has 0 saturated heterocycles. The molecule has 1 aromatic heterocycles. The number of para-hydroxylation sites is 2. The third kappa shape index (κ3) is 3.76. The van der Waals surface area contributed by atoms with Gasteiger partial charge in [-0.05, 0) is 48.9 Å². The minimum atomic E-state index is -4.31. The van der Waals surface area contributed by atoms with E-state index in [1.54, 1.807) is 18.2 Å². The van der Waals surface area contributed by atoms with Crippen LogP contribution in [0.3, 0.4) is 0 Å². The highest BCUT2D eigenvalue weighted by atomic mass is 79.9. The van der Waals surface area contributed by atoms with Crippen molar-refractivity contribution < 1.29 is 17.7 Å². The van der Waals surface area contributed by atoms with E-state index in [-0.39, 0.29) is 6.42 Å². The number of hydrogen-bond donors (Lipinski definition) is 1. The van der Waals surface area contributed by atoms with E-state index in [1.165, 1.54) is 6.20 Å². The monoisotopic (exact) mass is 460 g/mol. The zero-order chi connectivity index (χ0) is 19.7. The Hall–Kier alpha value is -2.42. The van der Waals surface area contributed by atoms with Gasteiger partial charge in [0, 0.05) is 17.2 Å². The fraction of sp³-hybridized carbons (Fsp3) is 0.150. The fourth-order valence-corrected chi connectivity index (χ4v) is 4.50. The Balaban J connectivity index is 1.70. The van der Waals surface area contributed by atoms with Gasteiger partial charge in [-0.2, -0.15) is 8.42 Å². The molecule has 1 aliphatic rings. The SMILES string of the molecule is O=S(=O)(O)C(CCN1c2ccccc2Oc2ccc(Br)cc21)c1ccccn1. The van der Waals surface area contributed by atoms with E-state index in [4.69, 9.17) is 4.74 Å². The molecule has 144 valence electrons. The van der Waals surface area contributed by atoms with Crippen molar-refractivity contribution in [2.75, 3.05) is 11.4 Å². The molecule has 8 heteroatoms. The maximum Gasteiger partial charge on any atom is 0.273 e. The molecule has 2 heterocycles. The Bertz CT molecular complexity index is 1110. The maximum absolute atomic E-state index is 12.0. The molecule has 0 fully saturated rings. The van der Waals surface area contributed by atoms with Gasteiger partial charge in [-0.25, -0.2) is 0 Å². The highest BCUT2D eigenvalue weighted by molar-refractivity contribution is 9.10. The number of ether oxygens (including phenoxy) is 1. The minimum Gasteiger partial charge on any atom is -0.453 e. The summed E-state index contributed by atoms with van der Waals surface area (Å²) in [5.74, 6) is 1.38. The summed E-state index contributed by atoms with van der Waals surface area (Å²) in [6.07, 6.45) is 1.68. The molecule has 1 unspecified atom stereocenters. The van der Waals surface area contributed by atoms with E-state index in [0.717, 1.165) is 15.8 Å². The van der Waals surface area contributed by atoms with E-state index < -0.39 is 15.4 Å². The molecule has 0 saturated carbocycles. The third-order valence-corrected chi connectivity index (χ3v) is 6.27. The number of hydrogen-bond acceptors (Lipinski definition) is 5. The van der Waals surface area contributed by atoms with Gasteiger partial charge in [0.2, 0.25) is 0 Å². The topological polar surface area (TPSA) is 79.7 Å². The summed E-state index contributed by atoms with van der Waals surface area (Å²) < 4.78 is 40.7. The number of fused-ring (bicyclic) bond motifs is 2. The smallest absolute Gasteiger partial charge is 0.273 e. The summed E-state index contributed by atoms with van der Waals surface area (Å²) in [5, 5.41) is -1.11. The Morgan fingerprint density at radius 2 is 1.79 bits per heavy atom. The van der Waals surface area contributed by atoms with Crippen LogP contribution in [0.15, 0.2) is 71.3 Å². The van der Waals surface area contributed by atoms with Crippen LogP contribution in [0.2, 0.25) is 0 Å². The van der Waals surface area contributed by atoms with Crippen LogP contribution in [0, 0.1) is 0 Å². The Kier molecular flexibility index (Phi) is 5.09. The number of anilines is 2. The van der Waals surface area contributed by atoms with Gasteiger partial charge in [-0.15, -0.1) is 0 Å². The van der Waals surface area contributed by atoms with Crippen LogP contribution >= 0.6 is 15.9 Å². The molecule has 0 aliphatic carbocycles. The molecule has 28 heavy (non-hydrogen) atoms. The quantitative estimate of drug-likeness (QED) is 0.533. The highest BCUT2D eigenvalue weighted by Gasteiger charge is 2.30. The average Bonchev–Trinajstić information content (AvgIpc) is 2.67. The lowest BCUT2D eigenvalue weighted by Gasteiger charge is -2.33. The number of nitrogens with zero attached hydrogens (tertiary/aromatic N) is 2. The normalized spacial score (nSPS) is 14.0. The van der Waals surface area contributed by atoms with Gasteiger partial charge >= 0.3 is 0 Å². The van der Waals surface area contributed by atoms with Gasteiger partial charge in [-0.3, -0.25) is 9.54 Å². The van der Waals surface area contributed by atoms with Crippen LogP contribution in [0.25, 0.3) is 0 Å². The number of halogens is 1. The van der Waals surface area contributed by atoms with Crippen LogP contribution in [-0.2, 0) is 10.1 Å². The summed E-state index contributed by atoms with van der Waals surface area (Å²) in [6, 6.07) is 18.3. The molecule has 1 aliphatic heterocycles. The van der Waals surface area contributed by atoms with Crippen molar-refractivity contribution in [2.24, 2.45) is 0 Å². The van der Waals surface area contributed by atoms with Crippen molar-refractivity contribution in [3.05, 3.63) is 77.0 Å². The van der Waals surface area contributed by atoms with Crippen LogP contribution in [0.5, 0.6) is 11.5 Å². The summed E-state index contributed by atoms with van der Waals surface area (Å²) >= 11 is 3.48. The molecule has 4 rings (SSSR count). The molecule has 3 aromatic rings. The molecule has 0 spiro atoms. The van der Waals surface area contributed by atoms with Crippen molar-refractivity contribution in [3.8, 4) is 11.5 Å². The number of rotatable bonds is 5. The van der Waals surface area contributed by atoms with Crippen LogP contribution in [-0.4, -0.2) is 24.5 Å². The minimum absolute atomic E-state index is 0.163. The van der Waals surface area contributed by atoms with Crippen LogP contribution < -0.4 is 9.64 Å². The third-order valence-electron chi connectivity index (χ3n) is 4.58. The van der Waals surface area contributed by atoms with Gasteiger partial charge in [0.15, 0.2) is 11.5 Å². The van der Waals surface area contributed by atoms with Gasteiger partial charge in [0.25, 0.3) is 10.1 Å². The predicted octanol–water partition coefficient (Wildman–Crippen LogP) is 5.11. The molecule has 1 atom stereocenters. The Morgan fingerprint density at radius 1 is 1.04 bits per heavy atom. The van der Waals surface area contributed by atoms with Gasteiger partial charge in [-0.1, -0.05) is 34.1 Å². The average molecular weight is 461 g/mol.